The Labute approximate surface area is 175 Å². The number of nitrogens with one attached hydrogen (secondary N) is 2. The summed E-state index contributed by atoms with van der Waals surface area (Å²) >= 11 is 0. The lowest BCUT2D eigenvalue weighted by molar-refractivity contribution is -0.172. The second kappa shape index (κ2) is 8.43. The maximum absolute atomic E-state index is 12.9. The van der Waals surface area contributed by atoms with Crippen LogP contribution < -0.4 is 10.6 Å². The summed E-state index contributed by atoms with van der Waals surface area (Å²) in [4.78, 5) is 35.8. The van der Waals surface area contributed by atoms with Crippen molar-refractivity contribution in [2.45, 2.75) is 57.5 Å². The molecule has 30 heavy (non-hydrogen) atoms. The summed E-state index contributed by atoms with van der Waals surface area (Å²) in [5.74, 6) is 0.666. The van der Waals surface area contributed by atoms with Crippen LogP contribution in [-0.4, -0.2) is 56.6 Å². The van der Waals surface area contributed by atoms with E-state index in [1.165, 1.54) is 0 Å². The maximum Gasteiger partial charge on any atom is 0.317 e. The first-order chi connectivity index (χ1) is 14.5. The minimum absolute atomic E-state index is 0.0661. The molecule has 2 aromatic heterocycles. The number of aromatic nitrogens is 3. The van der Waals surface area contributed by atoms with Gasteiger partial charge in [0.2, 0.25) is 0 Å². The molecule has 0 saturated carbocycles. The molecule has 4 heterocycles. The molecule has 0 radical (unpaired) electrons. The van der Waals surface area contributed by atoms with Crippen LogP contribution in [0.4, 0.5) is 4.79 Å². The van der Waals surface area contributed by atoms with Crippen LogP contribution in [-0.2, 0) is 28.2 Å². The Kier molecular flexibility index (Phi) is 5.72. The molecule has 0 aliphatic carbocycles. The van der Waals surface area contributed by atoms with Gasteiger partial charge in [-0.15, -0.1) is 0 Å². The molecule has 9 heteroatoms. The van der Waals surface area contributed by atoms with Crippen LogP contribution in [0.1, 0.15) is 38.2 Å². The van der Waals surface area contributed by atoms with Gasteiger partial charge >= 0.3 is 6.03 Å². The van der Waals surface area contributed by atoms with E-state index in [9.17, 15) is 9.59 Å². The smallest absolute Gasteiger partial charge is 0.317 e. The lowest BCUT2D eigenvalue weighted by Crippen LogP contribution is -2.56. The number of piperidine rings is 1. The molecule has 2 N–H and O–H groups in total. The molecule has 9 nitrogen and oxygen atoms in total. The Morgan fingerprint density at radius 1 is 1.23 bits per heavy atom. The summed E-state index contributed by atoms with van der Waals surface area (Å²) in [6.07, 6.45) is 5.91. The van der Waals surface area contributed by atoms with Crippen molar-refractivity contribution >= 4 is 11.9 Å². The van der Waals surface area contributed by atoms with Gasteiger partial charge in [-0.1, -0.05) is 6.07 Å². The van der Waals surface area contributed by atoms with Crippen LogP contribution in [0, 0.1) is 0 Å². The topological polar surface area (TPSA) is 101 Å². The third-order valence-electron chi connectivity index (χ3n) is 5.59. The zero-order valence-electron chi connectivity index (χ0n) is 17.4. The van der Waals surface area contributed by atoms with Crippen molar-refractivity contribution in [2.75, 3.05) is 13.1 Å². The first-order valence-electron chi connectivity index (χ1n) is 10.4. The van der Waals surface area contributed by atoms with Gasteiger partial charge in [-0.2, -0.15) is 0 Å². The van der Waals surface area contributed by atoms with Gasteiger partial charge in [0.05, 0.1) is 18.8 Å². The zero-order valence-corrected chi connectivity index (χ0v) is 17.4. The summed E-state index contributed by atoms with van der Waals surface area (Å²) in [5, 5.41) is 5.86. The second-order valence-electron chi connectivity index (χ2n) is 8.13. The lowest BCUT2D eigenvalue weighted by Gasteiger charge is -2.45. The number of imidazole rings is 1. The van der Waals surface area contributed by atoms with Crippen LogP contribution in [0.15, 0.2) is 36.8 Å². The quantitative estimate of drug-likeness (QED) is 0.791. The summed E-state index contributed by atoms with van der Waals surface area (Å²) in [5.41, 5.74) is 0.132. The largest absolute Gasteiger partial charge is 0.352 e. The van der Waals surface area contributed by atoms with E-state index in [4.69, 9.17) is 4.74 Å². The maximum atomic E-state index is 12.9. The Hall–Kier alpha value is -2.94. The number of hydrogen-bond donors (Lipinski definition) is 2. The van der Waals surface area contributed by atoms with Gasteiger partial charge in [0.1, 0.15) is 11.4 Å². The predicted molar refractivity (Wildman–Crippen MR) is 109 cm³/mol. The molecule has 0 bridgehead atoms. The van der Waals surface area contributed by atoms with Crippen molar-refractivity contribution < 1.29 is 14.3 Å². The molecular formula is C21H28N6O3. The van der Waals surface area contributed by atoms with Gasteiger partial charge in [-0.3, -0.25) is 9.78 Å². The Morgan fingerprint density at radius 3 is 2.73 bits per heavy atom. The number of likely N-dealkylation sites (tertiary alicyclic amines) is 1. The van der Waals surface area contributed by atoms with Crippen molar-refractivity contribution in [1.82, 2.24) is 30.1 Å². The van der Waals surface area contributed by atoms with E-state index in [0.717, 1.165) is 11.5 Å². The van der Waals surface area contributed by atoms with E-state index in [-0.39, 0.29) is 18.0 Å². The molecule has 2 aliphatic heterocycles. The number of amides is 3. The van der Waals surface area contributed by atoms with Crippen molar-refractivity contribution in [2.24, 2.45) is 0 Å². The average molecular weight is 412 g/mol. The number of ether oxygens (including phenoxy) is 1. The molecule has 2 aliphatic rings. The summed E-state index contributed by atoms with van der Waals surface area (Å²) in [6, 6.07) is 5.62. The summed E-state index contributed by atoms with van der Waals surface area (Å²) in [7, 11) is 0. The first kappa shape index (κ1) is 20.3. The number of pyridine rings is 1. The van der Waals surface area contributed by atoms with Gasteiger partial charge in [0, 0.05) is 50.6 Å². The van der Waals surface area contributed by atoms with Crippen LogP contribution >= 0.6 is 0 Å². The third-order valence-corrected chi connectivity index (χ3v) is 5.59. The van der Waals surface area contributed by atoms with E-state index in [1.807, 2.05) is 42.8 Å². The van der Waals surface area contributed by atoms with E-state index in [0.29, 0.717) is 39.0 Å². The minimum Gasteiger partial charge on any atom is -0.352 e. The molecule has 0 unspecified atom stereocenters. The number of hydrogen-bond acceptors (Lipinski definition) is 5. The number of urea groups is 1. The molecule has 1 saturated heterocycles. The fraction of sp³-hybridized carbons (Fsp3) is 0.524. The standard InChI is InChI=1S/C21H28N6O3/c1-15(2)25-20(29)26-10-6-21(7-11-26)19-23-9-12-27(19)14-17(30-21)18(28)24-13-16-5-3-4-8-22-16/h3-5,8-9,12,15,17H,6-7,10-11,13-14H2,1-2H3,(H,24,28)(H,25,29)/t17-/m1/s1. The van der Waals surface area contributed by atoms with Gasteiger partial charge in [0.15, 0.2) is 6.10 Å². The number of fused-ring (bicyclic) bond motifs is 2. The molecule has 1 fully saturated rings. The highest BCUT2D eigenvalue weighted by Gasteiger charge is 2.47. The van der Waals surface area contributed by atoms with E-state index in [1.54, 1.807) is 17.3 Å². The highest BCUT2D eigenvalue weighted by Crippen LogP contribution is 2.40. The Bertz CT molecular complexity index is 889. The lowest BCUT2D eigenvalue weighted by atomic mass is 9.88. The molecule has 3 amide bonds. The van der Waals surface area contributed by atoms with Crippen molar-refractivity contribution in [1.29, 1.82) is 0 Å². The summed E-state index contributed by atoms with van der Waals surface area (Å²) in [6.45, 7) is 5.76. The first-order valence-corrected chi connectivity index (χ1v) is 10.4. The predicted octanol–water partition coefficient (Wildman–Crippen LogP) is 1.40. The molecule has 1 atom stereocenters. The van der Waals surface area contributed by atoms with Gasteiger partial charge in [-0.25, -0.2) is 9.78 Å². The second-order valence-corrected chi connectivity index (χ2v) is 8.13. The number of carbonyl (C=O) groups is 2. The van der Waals surface area contributed by atoms with Gasteiger partial charge < -0.3 is 24.8 Å². The van der Waals surface area contributed by atoms with E-state index in [2.05, 4.69) is 20.6 Å². The third kappa shape index (κ3) is 4.16. The molecule has 160 valence electrons. The van der Waals surface area contributed by atoms with Crippen molar-refractivity contribution in [3.05, 3.63) is 48.3 Å². The fourth-order valence-corrected chi connectivity index (χ4v) is 4.08. The Morgan fingerprint density at radius 2 is 2.03 bits per heavy atom. The van der Waals surface area contributed by atoms with Gasteiger partial charge in [0.25, 0.3) is 5.91 Å². The molecule has 2 aromatic rings. The molecular weight excluding hydrogens is 384 g/mol. The van der Waals surface area contributed by atoms with E-state index >= 15 is 0 Å². The van der Waals surface area contributed by atoms with Crippen molar-refractivity contribution in [3.8, 4) is 0 Å². The monoisotopic (exact) mass is 412 g/mol. The Balaban J connectivity index is 1.44. The highest BCUT2D eigenvalue weighted by atomic mass is 16.5. The molecule has 1 spiro atoms. The number of carbonyl (C=O) groups excluding carboxylic acids is 2. The van der Waals surface area contributed by atoms with Gasteiger partial charge in [-0.05, 0) is 26.0 Å². The van der Waals surface area contributed by atoms with Crippen LogP contribution in [0.25, 0.3) is 0 Å². The van der Waals surface area contributed by atoms with Crippen molar-refractivity contribution in [3.63, 3.8) is 0 Å². The molecule has 4 rings (SSSR count). The van der Waals surface area contributed by atoms with Crippen LogP contribution in [0.5, 0.6) is 0 Å². The fourth-order valence-electron chi connectivity index (χ4n) is 4.08. The zero-order chi connectivity index (χ0) is 21.1. The highest BCUT2D eigenvalue weighted by molar-refractivity contribution is 5.81. The van der Waals surface area contributed by atoms with Crippen LogP contribution in [0.3, 0.4) is 0 Å². The normalized spacial score (nSPS) is 20.1. The van der Waals surface area contributed by atoms with Crippen LogP contribution in [0.2, 0.25) is 0 Å². The molecule has 0 aromatic carbocycles. The number of rotatable bonds is 4. The summed E-state index contributed by atoms with van der Waals surface area (Å²) < 4.78 is 8.38. The van der Waals surface area contributed by atoms with E-state index < -0.39 is 11.7 Å². The minimum atomic E-state index is -0.663. The number of nitrogens with zero attached hydrogens (tertiary/aromatic N) is 4. The average Bonchev–Trinajstić information content (AvgIpc) is 3.22. The SMILES string of the molecule is CC(C)NC(=O)N1CCC2(CC1)O[C@@H](C(=O)NCc1ccccn1)Cn1ccnc12.